The maximum Gasteiger partial charge on any atom is 0.187 e. The molecule has 0 amide bonds. The first-order valence-electron chi connectivity index (χ1n) is 9.38. The summed E-state index contributed by atoms with van der Waals surface area (Å²) in [6.45, 7) is 4.71. The molecule has 152 valence electrons. The summed E-state index contributed by atoms with van der Waals surface area (Å²) in [5.41, 5.74) is 1.74. The van der Waals surface area contributed by atoms with E-state index in [4.69, 9.17) is 11.6 Å². The standard InChI is InChI=1S/C19H25ClN4O2S2/c1-3-8-27-19-22-10-14(11-23-19)13-24-6-4-15(5-7-24)18-17(28(2,25)26)9-16(20)12-21-18/h9-12,15H,3-8,13H2,1-2H3. The fourth-order valence-electron chi connectivity index (χ4n) is 3.35. The molecule has 0 aromatic carbocycles. The fourth-order valence-corrected chi connectivity index (χ4v) is 5.15. The monoisotopic (exact) mass is 440 g/mol. The zero-order valence-corrected chi connectivity index (χ0v) is 18.5. The van der Waals surface area contributed by atoms with Crippen LogP contribution in [0, 0.1) is 0 Å². The van der Waals surface area contributed by atoms with Crippen molar-refractivity contribution >= 4 is 33.2 Å². The lowest BCUT2D eigenvalue weighted by atomic mass is 9.93. The quantitative estimate of drug-likeness (QED) is 0.478. The van der Waals surface area contributed by atoms with Crippen LogP contribution in [0.4, 0.5) is 0 Å². The molecule has 3 heterocycles. The van der Waals surface area contributed by atoms with Crippen LogP contribution >= 0.6 is 23.4 Å². The maximum absolute atomic E-state index is 12.1. The van der Waals surface area contributed by atoms with Crippen LogP contribution in [-0.4, -0.2) is 53.4 Å². The third-order valence-corrected chi connectivity index (χ3v) is 7.16. The summed E-state index contributed by atoms with van der Waals surface area (Å²) >= 11 is 7.64. The number of hydrogen-bond acceptors (Lipinski definition) is 7. The van der Waals surface area contributed by atoms with Crippen LogP contribution in [0.25, 0.3) is 0 Å². The molecule has 0 saturated carbocycles. The van der Waals surface area contributed by atoms with Gasteiger partial charge in [-0.2, -0.15) is 0 Å². The van der Waals surface area contributed by atoms with Gasteiger partial charge in [-0.05, 0) is 38.4 Å². The maximum atomic E-state index is 12.1. The average Bonchev–Trinajstić information content (AvgIpc) is 2.67. The van der Waals surface area contributed by atoms with Gasteiger partial charge in [0, 0.05) is 48.6 Å². The zero-order valence-electron chi connectivity index (χ0n) is 16.1. The van der Waals surface area contributed by atoms with Gasteiger partial charge in [-0.1, -0.05) is 30.3 Å². The van der Waals surface area contributed by atoms with Crippen molar-refractivity contribution in [3.63, 3.8) is 0 Å². The lowest BCUT2D eigenvalue weighted by molar-refractivity contribution is 0.202. The third kappa shape index (κ3) is 5.65. The molecule has 0 atom stereocenters. The van der Waals surface area contributed by atoms with Crippen LogP contribution < -0.4 is 0 Å². The van der Waals surface area contributed by atoms with Crippen LogP contribution in [0.5, 0.6) is 0 Å². The van der Waals surface area contributed by atoms with Gasteiger partial charge < -0.3 is 0 Å². The van der Waals surface area contributed by atoms with Crippen molar-refractivity contribution in [3.05, 3.63) is 40.9 Å². The first kappa shape index (κ1) is 21.5. The molecule has 0 spiro atoms. The Labute approximate surface area is 176 Å². The second kappa shape index (κ2) is 9.52. The normalized spacial score (nSPS) is 16.4. The predicted molar refractivity (Wildman–Crippen MR) is 113 cm³/mol. The minimum atomic E-state index is -3.36. The molecule has 2 aromatic heterocycles. The molecule has 1 fully saturated rings. The Bertz CT molecular complexity index is 899. The molecule has 6 nitrogen and oxygen atoms in total. The van der Waals surface area contributed by atoms with Crippen molar-refractivity contribution in [3.8, 4) is 0 Å². The summed E-state index contributed by atoms with van der Waals surface area (Å²) < 4.78 is 24.2. The smallest absolute Gasteiger partial charge is 0.187 e. The van der Waals surface area contributed by atoms with Crippen LogP contribution in [0.15, 0.2) is 34.7 Å². The van der Waals surface area contributed by atoms with Gasteiger partial charge in [-0.25, -0.2) is 18.4 Å². The minimum Gasteiger partial charge on any atom is -0.299 e. The summed E-state index contributed by atoms with van der Waals surface area (Å²) in [4.78, 5) is 15.8. The Morgan fingerprint density at radius 3 is 2.46 bits per heavy atom. The largest absolute Gasteiger partial charge is 0.299 e. The molecule has 1 aliphatic rings. The average molecular weight is 441 g/mol. The minimum absolute atomic E-state index is 0.127. The Balaban J connectivity index is 1.61. The van der Waals surface area contributed by atoms with E-state index in [0.717, 1.165) is 55.4 Å². The molecule has 0 unspecified atom stereocenters. The number of hydrogen-bond donors (Lipinski definition) is 0. The Hall–Kier alpha value is -1.22. The number of sulfone groups is 1. The van der Waals surface area contributed by atoms with Gasteiger partial charge in [0.2, 0.25) is 0 Å². The van der Waals surface area contributed by atoms with Gasteiger partial charge in [0.1, 0.15) is 0 Å². The number of thioether (sulfide) groups is 1. The second-order valence-corrected chi connectivity index (χ2v) is 10.6. The van der Waals surface area contributed by atoms with E-state index in [1.165, 1.54) is 18.5 Å². The van der Waals surface area contributed by atoms with E-state index in [9.17, 15) is 8.42 Å². The van der Waals surface area contributed by atoms with E-state index in [-0.39, 0.29) is 10.8 Å². The molecular formula is C19H25ClN4O2S2. The van der Waals surface area contributed by atoms with Crippen molar-refractivity contribution in [1.82, 2.24) is 19.9 Å². The van der Waals surface area contributed by atoms with Crippen molar-refractivity contribution in [1.29, 1.82) is 0 Å². The van der Waals surface area contributed by atoms with E-state index in [0.29, 0.717) is 10.7 Å². The number of pyridine rings is 1. The van der Waals surface area contributed by atoms with E-state index in [1.54, 1.807) is 11.8 Å². The molecule has 28 heavy (non-hydrogen) atoms. The highest BCUT2D eigenvalue weighted by Crippen LogP contribution is 2.32. The first-order chi connectivity index (χ1) is 13.4. The van der Waals surface area contributed by atoms with Gasteiger partial charge in [0.25, 0.3) is 0 Å². The molecule has 1 saturated heterocycles. The number of likely N-dealkylation sites (tertiary alicyclic amines) is 1. The molecule has 3 rings (SSSR count). The zero-order chi connectivity index (χ0) is 20.1. The van der Waals surface area contributed by atoms with E-state index in [1.807, 2.05) is 12.4 Å². The molecule has 0 radical (unpaired) electrons. The number of rotatable bonds is 7. The molecule has 2 aromatic rings. The lowest BCUT2D eigenvalue weighted by Crippen LogP contribution is -2.33. The van der Waals surface area contributed by atoms with Crippen LogP contribution in [-0.2, 0) is 16.4 Å². The Kier molecular flexibility index (Phi) is 7.31. The van der Waals surface area contributed by atoms with Crippen LogP contribution in [0.1, 0.15) is 43.4 Å². The highest BCUT2D eigenvalue weighted by Gasteiger charge is 2.27. The molecule has 0 N–H and O–H groups in total. The van der Waals surface area contributed by atoms with E-state index in [2.05, 4.69) is 26.8 Å². The highest BCUT2D eigenvalue weighted by atomic mass is 35.5. The molecule has 0 aliphatic carbocycles. The van der Waals surface area contributed by atoms with Gasteiger partial charge in [-0.3, -0.25) is 9.88 Å². The molecule has 9 heteroatoms. The summed E-state index contributed by atoms with van der Waals surface area (Å²) in [7, 11) is -3.36. The summed E-state index contributed by atoms with van der Waals surface area (Å²) in [6.07, 6.45) is 9.38. The lowest BCUT2D eigenvalue weighted by Gasteiger charge is -2.32. The number of piperidine rings is 1. The van der Waals surface area contributed by atoms with E-state index < -0.39 is 9.84 Å². The molecule has 0 bridgehead atoms. The highest BCUT2D eigenvalue weighted by molar-refractivity contribution is 7.99. The third-order valence-electron chi connectivity index (χ3n) is 4.75. The summed E-state index contributed by atoms with van der Waals surface area (Å²) in [5.74, 6) is 1.16. The fraction of sp³-hybridized carbons (Fsp3) is 0.526. The Morgan fingerprint density at radius 1 is 1.18 bits per heavy atom. The SMILES string of the molecule is CCCSc1ncc(CN2CCC(c3ncc(Cl)cc3S(C)(=O)=O)CC2)cn1. The van der Waals surface area contributed by atoms with Crippen molar-refractivity contribution in [2.45, 2.75) is 48.7 Å². The Morgan fingerprint density at radius 2 is 1.86 bits per heavy atom. The van der Waals surface area contributed by atoms with Crippen molar-refractivity contribution in [2.24, 2.45) is 0 Å². The van der Waals surface area contributed by atoms with E-state index >= 15 is 0 Å². The molecular weight excluding hydrogens is 416 g/mol. The van der Waals surface area contributed by atoms with Gasteiger partial charge in [-0.15, -0.1) is 0 Å². The predicted octanol–water partition coefficient (Wildman–Crippen LogP) is 3.81. The summed E-state index contributed by atoms with van der Waals surface area (Å²) in [5, 5.41) is 1.17. The topological polar surface area (TPSA) is 76.1 Å². The van der Waals surface area contributed by atoms with Crippen LogP contribution in [0.3, 0.4) is 0 Å². The van der Waals surface area contributed by atoms with Crippen molar-refractivity contribution < 1.29 is 8.42 Å². The number of nitrogens with zero attached hydrogens (tertiary/aromatic N) is 4. The number of aromatic nitrogens is 3. The van der Waals surface area contributed by atoms with Crippen molar-refractivity contribution in [2.75, 3.05) is 25.1 Å². The van der Waals surface area contributed by atoms with Gasteiger partial charge >= 0.3 is 0 Å². The second-order valence-electron chi connectivity index (χ2n) is 7.08. The first-order valence-corrected chi connectivity index (χ1v) is 12.6. The number of halogens is 1. The molecule has 1 aliphatic heterocycles. The van der Waals surface area contributed by atoms with Gasteiger partial charge in [0.05, 0.1) is 15.6 Å². The van der Waals surface area contributed by atoms with Crippen LogP contribution in [0.2, 0.25) is 5.02 Å². The van der Waals surface area contributed by atoms with Gasteiger partial charge in [0.15, 0.2) is 15.0 Å². The summed E-state index contributed by atoms with van der Waals surface area (Å²) in [6, 6.07) is 1.51.